The van der Waals surface area contributed by atoms with Crippen LogP contribution in [0.4, 0.5) is 5.69 Å². The quantitative estimate of drug-likeness (QED) is 0.882. The zero-order chi connectivity index (χ0) is 13.0. The molecule has 1 atom stereocenters. The highest BCUT2D eigenvalue weighted by Gasteiger charge is 2.04. The van der Waals surface area contributed by atoms with Crippen molar-refractivity contribution in [3.63, 3.8) is 0 Å². The van der Waals surface area contributed by atoms with Crippen LogP contribution in [0.3, 0.4) is 0 Å². The van der Waals surface area contributed by atoms with Crippen LogP contribution in [-0.2, 0) is 0 Å². The Morgan fingerprint density at radius 3 is 2.56 bits per heavy atom. The van der Waals surface area contributed by atoms with Gasteiger partial charge in [0, 0.05) is 18.0 Å². The van der Waals surface area contributed by atoms with Gasteiger partial charge in [-0.15, -0.1) is 0 Å². The summed E-state index contributed by atoms with van der Waals surface area (Å²) in [5.74, 6) is 1.87. The Morgan fingerprint density at radius 1 is 1.22 bits per heavy atom. The number of ether oxygens (including phenoxy) is 1. The topological polar surface area (TPSA) is 48.1 Å². The second-order valence-corrected chi connectivity index (χ2v) is 4.41. The van der Waals surface area contributed by atoms with Crippen LogP contribution in [0.1, 0.15) is 31.7 Å². The second kappa shape index (κ2) is 5.54. The molecule has 1 aromatic carbocycles. The minimum Gasteiger partial charge on any atom is -0.439 e. The summed E-state index contributed by atoms with van der Waals surface area (Å²) in [6.45, 7) is 4.40. The number of nitrogens with zero attached hydrogens (tertiary/aromatic N) is 1. The maximum atomic E-state index is 5.67. The van der Waals surface area contributed by atoms with Crippen molar-refractivity contribution < 1.29 is 4.74 Å². The highest BCUT2D eigenvalue weighted by Crippen LogP contribution is 2.24. The molecule has 3 nitrogen and oxygen atoms in total. The molecule has 0 bridgehead atoms. The van der Waals surface area contributed by atoms with Crippen LogP contribution in [0.5, 0.6) is 11.6 Å². The third-order valence-electron chi connectivity index (χ3n) is 3.04. The molecule has 1 aromatic heterocycles. The van der Waals surface area contributed by atoms with Crippen molar-refractivity contribution in [2.45, 2.75) is 26.2 Å². The van der Waals surface area contributed by atoms with Gasteiger partial charge < -0.3 is 10.5 Å². The second-order valence-electron chi connectivity index (χ2n) is 4.41. The number of hydrogen-bond acceptors (Lipinski definition) is 3. The molecule has 1 heterocycles. The Hall–Kier alpha value is -2.03. The standard InChI is InChI=1S/C15H18N2O/c1-3-11(2)12-4-6-14(7-5-12)18-15-10-13(16)8-9-17-15/h4-11H,3H2,1-2H3,(H2,16,17). The molecular weight excluding hydrogens is 224 g/mol. The molecule has 3 heteroatoms. The van der Waals surface area contributed by atoms with Gasteiger partial charge in [0.1, 0.15) is 5.75 Å². The molecule has 0 aliphatic carbocycles. The van der Waals surface area contributed by atoms with E-state index in [1.54, 1.807) is 18.3 Å². The molecule has 0 spiro atoms. The molecule has 0 saturated heterocycles. The molecule has 2 aromatic rings. The van der Waals surface area contributed by atoms with Crippen LogP contribution in [0.25, 0.3) is 0 Å². The first-order chi connectivity index (χ1) is 8.69. The van der Waals surface area contributed by atoms with Crippen molar-refractivity contribution in [1.82, 2.24) is 4.98 Å². The zero-order valence-electron chi connectivity index (χ0n) is 10.8. The van der Waals surface area contributed by atoms with Gasteiger partial charge in [-0.25, -0.2) is 4.98 Å². The first-order valence-electron chi connectivity index (χ1n) is 6.18. The molecule has 2 rings (SSSR count). The molecule has 1 unspecified atom stereocenters. The summed E-state index contributed by atoms with van der Waals surface area (Å²) < 4.78 is 5.64. The Kier molecular flexibility index (Phi) is 3.82. The molecule has 0 aliphatic heterocycles. The van der Waals surface area contributed by atoms with Crippen molar-refractivity contribution in [3.8, 4) is 11.6 Å². The lowest BCUT2D eigenvalue weighted by molar-refractivity contribution is 0.463. The van der Waals surface area contributed by atoms with Gasteiger partial charge in [0.2, 0.25) is 5.88 Å². The predicted molar refractivity (Wildman–Crippen MR) is 73.9 cm³/mol. The fourth-order valence-electron chi connectivity index (χ4n) is 1.70. The third-order valence-corrected chi connectivity index (χ3v) is 3.04. The van der Waals surface area contributed by atoms with Crippen LogP contribution in [0, 0.1) is 0 Å². The fourth-order valence-corrected chi connectivity index (χ4v) is 1.70. The number of aromatic nitrogens is 1. The van der Waals surface area contributed by atoms with Gasteiger partial charge in [0.25, 0.3) is 0 Å². The van der Waals surface area contributed by atoms with Gasteiger partial charge in [-0.2, -0.15) is 0 Å². The average molecular weight is 242 g/mol. The Morgan fingerprint density at radius 2 is 1.94 bits per heavy atom. The number of nitrogens with two attached hydrogens (primary N) is 1. The summed E-state index contributed by atoms with van der Waals surface area (Å²) in [4.78, 5) is 4.11. The molecule has 2 N–H and O–H groups in total. The Balaban J connectivity index is 2.11. The van der Waals surface area contributed by atoms with Crippen molar-refractivity contribution in [3.05, 3.63) is 48.2 Å². The zero-order valence-corrected chi connectivity index (χ0v) is 10.8. The normalized spacial score (nSPS) is 12.1. The summed E-state index contributed by atoms with van der Waals surface area (Å²) in [7, 11) is 0. The average Bonchev–Trinajstić information content (AvgIpc) is 2.39. The molecule has 0 saturated carbocycles. The van der Waals surface area contributed by atoms with E-state index in [2.05, 4.69) is 31.0 Å². The van der Waals surface area contributed by atoms with E-state index in [1.807, 2.05) is 12.1 Å². The lowest BCUT2D eigenvalue weighted by atomic mass is 9.99. The van der Waals surface area contributed by atoms with Crippen molar-refractivity contribution in [1.29, 1.82) is 0 Å². The summed E-state index contributed by atoms with van der Waals surface area (Å²) in [6, 6.07) is 11.6. The van der Waals surface area contributed by atoms with Gasteiger partial charge in [0.05, 0.1) is 0 Å². The van der Waals surface area contributed by atoms with Crippen LogP contribution < -0.4 is 10.5 Å². The molecule has 0 amide bonds. The molecule has 94 valence electrons. The number of anilines is 1. The van der Waals surface area contributed by atoms with E-state index >= 15 is 0 Å². The van der Waals surface area contributed by atoms with Gasteiger partial charge in [-0.3, -0.25) is 0 Å². The number of hydrogen-bond donors (Lipinski definition) is 1. The van der Waals surface area contributed by atoms with E-state index < -0.39 is 0 Å². The number of benzene rings is 1. The number of nitrogen functional groups attached to an aromatic ring is 1. The summed E-state index contributed by atoms with van der Waals surface area (Å²) in [6.07, 6.45) is 2.77. The SMILES string of the molecule is CCC(C)c1ccc(Oc2cc(N)ccn2)cc1. The largest absolute Gasteiger partial charge is 0.439 e. The third kappa shape index (κ3) is 3.00. The summed E-state index contributed by atoms with van der Waals surface area (Å²) in [5.41, 5.74) is 7.65. The van der Waals surface area contributed by atoms with Crippen LogP contribution in [0.2, 0.25) is 0 Å². The first-order valence-corrected chi connectivity index (χ1v) is 6.18. The van der Waals surface area contributed by atoms with E-state index in [1.165, 1.54) is 5.56 Å². The van der Waals surface area contributed by atoms with Crippen molar-refractivity contribution in [2.75, 3.05) is 5.73 Å². The lowest BCUT2D eigenvalue weighted by Gasteiger charge is -2.10. The highest BCUT2D eigenvalue weighted by molar-refractivity contribution is 5.41. The molecule has 0 fully saturated rings. The monoisotopic (exact) mass is 242 g/mol. The van der Waals surface area contributed by atoms with Crippen LogP contribution >= 0.6 is 0 Å². The Labute approximate surface area is 108 Å². The molecule has 18 heavy (non-hydrogen) atoms. The minimum absolute atomic E-state index is 0.520. The molecule has 0 radical (unpaired) electrons. The summed E-state index contributed by atoms with van der Waals surface area (Å²) in [5, 5.41) is 0. The lowest BCUT2D eigenvalue weighted by Crippen LogP contribution is -1.93. The first kappa shape index (κ1) is 12.4. The van der Waals surface area contributed by atoms with Crippen molar-refractivity contribution >= 4 is 5.69 Å². The van der Waals surface area contributed by atoms with E-state index in [4.69, 9.17) is 10.5 Å². The maximum Gasteiger partial charge on any atom is 0.221 e. The van der Waals surface area contributed by atoms with Crippen LogP contribution in [-0.4, -0.2) is 4.98 Å². The summed E-state index contributed by atoms with van der Waals surface area (Å²) >= 11 is 0. The van der Waals surface area contributed by atoms with Gasteiger partial charge >= 0.3 is 0 Å². The van der Waals surface area contributed by atoms with Crippen LogP contribution in [0.15, 0.2) is 42.6 Å². The van der Waals surface area contributed by atoms with E-state index in [-0.39, 0.29) is 0 Å². The highest BCUT2D eigenvalue weighted by atomic mass is 16.5. The number of rotatable bonds is 4. The van der Waals surface area contributed by atoms with Gasteiger partial charge in [-0.1, -0.05) is 26.0 Å². The minimum atomic E-state index is 0.520. The number of pyridine rings is 1. The van der Waals surface area contributed by atoms with E-state index in [0.717, 1.165) is 12.2 Å². The predicted octanol–water partition coefficient (Wildman–Crippen LogP) is 3.97. The maximum absolute atomic E-state index is 5.67. The molecular formula is C15H18N2O. The fraction of sp³-hybridized carbons (Fsp3) is 0.267. The van der Waals surface area contributed by atoms with E-state index in [9.17, 15) is 0 Å². The molecule has 0 aliphatic rings. The van der Waals surface area contributed by atoms with E-state index in [0.29, 0.717) is 17.5 Å². The van der Waals surface area contributed by atoms with Gasteiger partial charge in [-0.05, 0) is 36.1 Å². The van der Waals surface area contributed by atoms with Gasteiger partial charge in [0.15, 0.2) is 0 Å². The van der Waals surface area contributed by atoms with Crippen molar-refractivity contribution in [2.24, 2.45) is 0 Å². The Bertz CT molecular complexity index is 508. The smallest absolute Gasteiger partial charge is 0.221 e.